The van der Waals surface area contributed by atoms with E-state index in [9.17, 15) is 12.8 Å². The van der Waals surface area contributed by atoms with Crippen molar-refractivity contribution in [3.63, 3.8) is 0 Å². The van der Waals surface area contributed by atoms with Crippen molar-refractivity contribution in [2.24, 2.45) is 5.73 Å². The van der Waals surface area contributed by atoms with Crippen LogP contribution in [0, 0.1) is 19.7 Å². The SMILES string of the molecule is Cc1cc(F)cc(C)c1S(=O)(=O)N1CCCC1N. The lowest BCUT2D eigenvalue weighted by Crippen LogP contribution is -2.41. The first-order chi connectivity index (χ1) is 8.34. The molecule has 1 aromatic carbocycles. The second-order valence-electron chi connectivity index (χ2n) is 4.69. The molecular formula is C12H17FN2O2S. The van der Waals surface area contributed by atoms with Gasteiger partial charge < -0.3 is 5.73 Å². The summed E-state index contributed by atoms with van der Waals surface area (Å²) in [6.07, 6.45) is 0.955. The van der Waals surface area contributed by atoms with Crippen molar-refractivity contribution >= 4 is 10.0 Å². The number of nitrogens with two attached hydrogens (primary N) is 1. The average Bonchev–Trinajstić information content (AvgIpc) is 2.62. The summed E-state index contributed by atoms with van der Waals surface area (Å²) in [6.45, 7) is 3.63. The summed E-state index contributed by atoms with van der Waals surface area (Å²) in [7, 11) is -3.62. The molecule has 2 N–H and O–H groups in total. The van der Waals surface area contributed by atoms with E-state index in [-0.39, 0.29) is 4.90 Å². The number of rotatable bonds is 2. The first-order valence-electron chi connectivity index (χ1n) is 5.88. The maximum atomic E-state index is 13.2. The molecule has 100 valence electrons. The molecule has 0 bridgehead atoms. The quantitative estimate of drug-likeness (QED) is 0.887. The zero-order valence-corrected chi connectivity index (χ0v) is 11.3. The lowest BCUT2D eigenvalue weighted by Gasteiger charge is -2.23. The lowest BCUT2D eigenvalue weighted by atomic mass is 10.1. The molecular weight excluding hydrogens is 255 g/mol. The summed E-state index contributed by atoms with van der Waals surface area (Å²) < 4.78 is 39.6. The Labute approximate surface area is 107 Å². The molecule has 1 fully saturated rings. The number of hydrogen-bond acceptors (Lipinski definition) is 3. The first kappa shape index (κ1) is 13.5. The molecule has 0 amide bonds. The summed E-state index contributed by atoms with van der Waals surface area (Å²) in [5.41, 5.74) is 6.65. The van der Waals surface area contributed by atoms with Gasteiger partial charge in [-0.15, -0.1) is 0 Å². The fourth-order valence-electron chi connectivity index (χ4n) is 2.49. The number of nitrogens with zero attached hydrogens (tertiary/aromatic N) is 1. The minimum atomic E-state index is -3.62. The predicted molar refractivity (Wildman–Crippen MR) is 67.0 cm³/mol. The van der Waals surface area contributed by atoms with Gasteiger partial charge in [0.15, 0.2) is 0 Å². The molecule has 1 heterocycles. The van der Waals surface area contributed by atoms with Crippen LogP contribution < -0.4 is 5.73 Å². The normalized spacial score (nSPS) is 21.4. The van der Waals surface area contributed by atoms with Crippen LogP contribution in [0.3, 0.4) is 0 Å². The highest BCUT2D eigenvalue weighted by Gasteiger charge is 2.34. The van der Waals surface area contributed by atoms with Crippen LogP contribution in [0.2, 0.25) is 0 Å². The maximum absolute atomic E-state index is 13.2. The number of sulfonamides is 1. The summed E-state index contributed by atoms with van der Waals surface area (Å²) in [4.78, 5) is 0.182. The number of hydrogen-bond donors (Lipinski definition) is 1. The van der Waals surface area contributed by atoms with Gasteiger partial charge in [0.1, 0.15) is 5.82 Å². The van der Waals surface area contributed by atoms with Crippen molar-refractivity contribution < 1.29 is 12.8 Å². The van der Waals surface area contributed by atoms with E-state index in [1.165, 1.54) is 16.4 Å². The standard InChI is InChI=1S/C12H17FN2O2S/c1-8-6-10(13)7-9(2)12(8)18(16,17)15-5-3-4-11(15)14/h6-7,11H,3-5,14H2,1-2H3. The van der Waals surface area contributed by atoms with Gasteiger partial charge in [-0.3, -0.25) is 0 Å². The Hall–Kier alpha value is -0.980. The Balaban J connectivity index is 2.54. The molecule has 0 saturated carbocycles. The highest BCUT2D eigenvalue weighted by atomic mass is 32.2. The maximum Gasteiger partial charge on any atom is 0.244 e. The molecule has 1 aromatic rings. The molecule has 4 nitrogen and oxygen atoms in total. The van der Waals surface area contributed by atoms with Gasteiger partial charge >= 0.3 is 0 Å². The molecule has 1 atom stereocenters. The second kappa shape index (κ2) is 4.60. The van der Waals surface area contributed by atoms with E-state index in [2.05, 4.69) is 0 Å². The minimum absolute atomic E-state index is 0.182. The van der Waals surface area contributed by atoms with E-state index in [0.717, 1.165) is 6.42 Å². The zero-order valence-electron chi connectivity index (χ0n) is 10.5. The Kier molecular flexibility index (Phi) is 3.44. The van der Waals surface area contributed by atoms with Gasteiger partial charge in [0.2, 0.25) is 10.0 Å². The third-order valence-corrected chi connectivity index (χ3v) is 5.47. The molecule has 1 saturated heterocycles. The third-order valence-electron chi connectivity index (χ3n) is 3.24. The molecule has 1 aliphatic rings. The van der Waals surface area contributed by atoms with Gasteiger partial charge in [-0.2, -0.15) is 4.31 Å². The van der Waals surface area contributed by atoms with Crippen LogP contribution in [-0.2, 0) is 10.0 Å². The molecule has 0 aliphatic carbocycles. The van der Waals surface area contributed by atoms with Crippen molar-refractivity contribution in [1.82, 2.24) is 4.31 Å². The van der Waals surface area contributed by atoms with Crippen molar-refractivity contribution in [2.45, 2.75) is 37.8 Å². The topological polar surface area (TPSA) is 63.4 Å². The zero-order chi connectivity index (χ0) is 13.5. The monoisotopic (exact) mass is 272 g/mol. The molecule has 6 heteroatoms. The van der Waals surface area contributed by atoms with Crippen molar-refractivity contribution in [2.75, 3.05) is 6.54 Å². The molecule has 0 spiro atoms. The molecule has 0 aromatic heterocycles. The molecule has 1 unspecified atom stereocenters. The highest BCUT2D eigenvalue weighted by Crippen LogP contribution is 2.28. The predicted octanol–water partition coefficient (Wildman–Crippen LogP) is 1.51. The van der Waals surface area contributed by atoms with E-state index in [1.54, 1.807) is 13.8 Å². The minimum Gasteiger partial charge on any atom is -0.315 e. The first-order valence-corrected chi connectivity index (χ1v) is 7.32. The van der Waals surface area contributed by atoms with Gasteiger partial charge in [0.25, 0.3) is 0 Å². The van der Waals surface area contributed by atoms with Crippen LogP contribution in [0.1, 0.15) is 24.0 Å². The van der Waals surface area contributed by atoms with Gasteiger partial charge in [-0.05, 0) is 49.9 Å². The van der Waals surface area contributed by atoms with Crippen molar-refractivity contribution in [3.05, 3.63) is 29.1 Å². The van der Waals surface area contributed by atoms with Crippen LogP contribution >= 0.6 is 0 Å². The lowest BCUT2D eigenvalue weighted by molar-refractivity contribution is 0.395. The Morgan fingerprint density at radius 1 is 1.33 bits per heavy atom. The number of halogens is 1. The fourth-order valence-corrected chi connectivity index (χ4v) is 4.48. The summed E-state index contributed by atoms with van der Waals surface area (Å²) in [6, 6.07) is 2.48. The van der Waals surface area contributed by atoms with Crippen molar-refractivity contribution in [3.8, 4) is 0 Å². The van der Waals surface area contributed by atoms with Crippen LogP contribution in [0.15, 0.2) is 17.0 Å². The van der Waals surface area contributed by atoms with Crippen LogP contribution in [0.4, 0.5) is 4.39 Å². The van der Waals surface area contributed by atoms with Gasteiger partial charge in [-0.1, -0.05) is 0 Å². The van der Waals surface area contributed by atoms with Gasteiger partial charge in [-0.25, -0.2) is 12.8 Å². The number of benzene rings is 1. The van der Waals surface area contributed by atoms with E-state index < -0.39 is 22.0 Å². The molecule has 1 aliphatic heterocycles. The number of aryl methyl sites for hydroxylation is 2. The van der Waals surface area contributed by atoms with Crippen LogP contribution in [-0.4, -0.2) is 25.4 Å². The Morgan fingerprint density at radius 3 is 2.33 bits per heavy atom. The van der Waals surface area contributed by atoms with E-state index in [4.69, 9.17) is 5.73 Å². The van der Waals surface area contributed by atoms with E-state index in [0.29, 0.717) is 24.1 Å². The summed E-state index contributed by atoms with van der Waals surface area (Å²) in [5.74, 6) is -0.422. The van der Waals surface area contributed by atoms with Crippen LogP contribution in [0.25, 0.3) is 0 Å². The molecule has 18 heavy (non-hydrogen) atoms. The third kappa shape index (κ3) is 2.15. The Bertz CT molecular complexity index is 548. The molecule has 2 rings (SSSR count). The fraction of sp³-hybridized carbons (Fsp3) is 0.500. The summed E-state index contributed by atoms with van der Waals surface area (Å²) in [5, 5.41) is 0. The van der Waals surface area contributed by atoms with Gasteiger partial charge in [0, 0.05) is 6.54 Å². The van der Waals surface area contributed by atoms with Gasteiger partial charge in [0.05, 0.1) is 11.1 Å². The highest BCUT2D eigenvalue weighted by molar-refractivity contribution is 7.89. The summed E-state index contributed by atoms with van der Waals surface area (Å²) >= 11 is 0. The van der Waals surface area contributed by atoms with Crippen molar-refractivity contribution in [1.29, 1.82) is 0 Å². The van der Waals surface area contributed by atoms with E-state index in [1.807, 2.05) is 0 Å². The van der Waals surface area contributed by atoms with E-state index >= 15 is 0 Å². The molecule has 0 radical (unpaired) electrons. The second-order valence-corrected chi connectivity index (χ2v) is 6.52. The largest absolute Gasteiger partial charge is 0.315 e. The Morgan fingerprint density at radius 2 is 1.89 bits per heavy atom. The van der Waals surface area contributed by atoms with Crippen LogP contribution in [0.5, 0.6) is 0 Å². The average molecular weight is 272 g/mol. The smallest absolute Gasteiger partial charge is 0.244 e.